The Bertz CT molecular complexity index is 623. The van der Waals surface area contributed by atoms with Crippen molar-refractivity contribution in [1.29, 1.82) is 0 Å². The molecule has 0 saturated carbocycles. The fourth-order valence-electron chi connectivity index (χ4n) is 4.18. The van der Waals surface area contributed by atoms with Crippen LogP contribution in [0.3, 0.4) is 0 Å². The number of aliphatic imine (C=N–C) groups is 1. The summed E-state index contributed by atoms with van der Waals surface area (Å²) in [7, 11) is 2.20. The average Bonchev–Trinajstić information content (AvgIpc) is 3.20. The molecule has 2 N–H and O–H groups in total. The summed E-state index contributed by atoms with van der Waals surface area (Å²) in [6.07, 6.45) is 3.89. The van der Waals surface area contributed by atoms with Gasteiger partial charge in [0, 0.05) is 38.3 Å². The molecule has 29 heavy (non-hydrogen) atoms. The van der Waals surface area contributed by atoms with Gasteiger partial charge < -0.3 is 15.4 Å². The van der Waals surface area contributed by atoms with Crippen LogP contribution in [0.1, 0.15) is 38.7 Å². The van der Waals surface area contributed by atoms with E-state index in [1.807, 2.05) is 0 Å². The van der Waals surface area contributed by atoms with Crippen molar-refractivity contribution in [2.75, 3.05) is 46.4 Å². The minimum Gasteiger partial charge on any atom is -0.373 e. The molecule has 1 aromatic rings. The van der Waals surface area contributed by atoms with Crippen molar-refractivity contribution < 1.29 is 4.74 Å². The Morgan fingerprint density at radius 2 is 2.14 bits per heavy atom. The van der Waals surface area contributed by atoms with Gasteiger partial charge in [0.05, 0.1) is 19.3 Å². The molecule has 6 heteroatoms. The molecular weight excluding hydrogens is 362 g/mol. The molecule has 0 aliphatic carbocycles. The molecule has 2 heterocycles. The third kappa shape index (κ3) is 6.98. The predicted molar refractivity (Wildman–Crippen MR) is 120 cm³/mol. The molecule has 2 fully saturated rings. The number of nitrogens with zero attached hydrogens (tertiary/aromatic N) is 3. The minimum absolute atomic E-state index is 0.218. The second-order valence-corrected chi connectivity index (χ2v) is 8.43. The van der Waals surface area contributed by atoms with Crippen LogP contribution in [0.5, 0.6) is 0 Å². The van der Waals surface area contributed by atoms with Crippen molar-refractivity contribution in [3.63, 3.8) is 0 Å². The van der Waals surface area contributed by atoms with Crippen LogP contribution in [0.25, 0.3) is 0 Å². The number of fused-ring (bicyclic) bond motifs is 1. The summed E-state index contributed by atoms with van der Waals surface area (Å²) in [6.45, 7) is 11.0. The maximum atomic E-state index is 6.04. The Morgan fingerprint density at radius 3 is 2.93 bits per heavy atom. The van der Waals surface area contributed by atoms with Crippen LogP contribution in [0.4, 0.5) is 0 Å². The lowest BCUT2D eigenvalue weighted by atomic mass is 10.1. The van der Waals surface area contributed by atoms with Crippen LogP contribution in [-0.4, -0.2) is 80.3 Å². The molecular formula is C23H39N5O. The molecule has 0 spiro atoms. The number of rotatable bonds is 9. The normalized spacial score (nSPS) is 23.8. The highest BCUT2D eigenvalue weighted by Gasteiger charge is 2.31. The Morgan fingerprint density at radius 1 is 1.31 bits per heavy atom. The van der Waals surface area contributed by atoms with Crippen LogP contribution < -0.4 is 10.6 Å². The topological polar surface area (TPSA) is 52.1 Å². The van der Waals surface area contributed by atoms with E-state index in [1.54, 1.807) is 0 Å². The van der Waals surface area contributed by atoms with Gasteiger partial charge in [0.25, 0.3) is 0 Å². The molecule has 2 aliphatic rings. The Kier molecular flexibility index (Phi) is 8.77. The average molecular weight is 402 g/mol. The fraction of sp³-hybridized carbons (Fsp3) is 0.696. The molecule has 3 atom stereocenters. The molecule has 3 unspecified atom stereocenters. The number of morpholine rings is 1. The first-order valence-electron chi connectivity index (χ1n) is 11.3. The molecule has 3 rings (SSSR count). The number of hydrogen-bond acceptors (Lipinski definition) is 4. The van der Waals surface area contributed by atoms with Crippen LogP contribution in [0.15, 0.2) is 35.3 Å². The monoisotopic (exact) mass is 401 g/mol. The molecule has 0 radical (unpaired) electrons. The van der Waals surface area contributed by atoms with Crippen LogP contribution in [0, 0.1) is 0 Å². The third-order valence-electron chi connectivity index (χ3n) is 6.14. The molecule has 0 amide bonds. The summed E-state index contributed by atoms with van der Waals surface area (Å²) in [5.41, 5.74) is 1.36. The van der Waals surface area contributed by atoms with Gasteiger partial charge >= 0.3 is 0 Å². The Balaban J connectivity index is 1.39. The van der Waals surface area contributed by atoms with E-state index < -0.39 is 0 Å². The van der Waals surface area contributed by atoms with Gasteiger partial charge in [-0.3, -0.25) is 14.8 Å². The quantitative estimate of drug-likeness (QED) is 0.491. The lowest BCUT2D eigenvalue weighted by Gasteiger charge is -2.34. The smallest absolute Gasteiger partial charge is 0.191 e. The summed E-state index contributed by atoms with van der Waals surface area (Å²) in [6, 6.07) is 11.8. The second-order valence-electron chi connectivity index (χ2n) is 8.43. The van der Waals surface area contributed by atoms with Gasteiger partial charge in [-0.1, -0.05) is 30.3 Å². The van der Waals surface area contributed by atoms with Crippen molar-refractivity contribution in [2.45, 2.75) is 57.8 Å². The third-order valence-corrected chi connectivity index (χ3v) is 6.14. The first kappa shape index (κ1) is 22.1. The summed E-state index contributed by atoms with van der Waals surface area (Å²) < 4.78 is 6.04. The van der Waals surface area contributed by atoms with Crippen LogP contribution >= 0.6 is 0 Å². The maximum absolute atomic E-state index is 6.04. The van der Waals surface area contributed by atoms with E-state index in [2.05, 4.69) is 71.7 Å². The molecule has 6 nitrogen and oxygen atoms in total. The molecule has 2 saturated heterocycles. The van der Waals surface area contributed by atoms with Crippen molar-refractivity contribution >= 4 is 5.96 Å². The zero-order valence-corrected chi connectivity index (χ0v) is 18.4. The predicted octanol–water partition coefficient (Wildman–Crippen LogP) is 2.32. The van der Waals surface area contributed by atoms with Gasteiger partial charge in [0.1, 0.15) is 0 Å². The number of hydrogen-bond donors (Lipinski definition) is 2. The van der Waals surface area contributed by atoms with Crippen molar-refractivity contribution in [3.05, 3.63) is 35.9 Å². The Hall–Kier alpha value is -1.63. The van der Waals surface area contributed by atoms with Crippen LogP contribution in [0.2, 0.25) is 0 Å². The van der Waals surface area contributed by atoms with Gasteiger partial charge in [-0.25, -0.2) is 0 Å². The molecule has 0 aromatic heterocycles. The number of guanidine groups is 1. The van der Waals surface area contributed by atoms with Gasteiger partial charge in [0.15, 0.2) is 5.96 Å². The van der Waals surface area contributed by atoms with Gasteiger partial charge in [0.2, 0.25) is 0 Å². The first-order chi connectivity index (χ1) is 14.2. The summed E-state index contributed by atoms with van der Waals surface area (Å²) >= 11 is 0. The number of ether oxygens (including phenoxy) is 1. The van der Waals surface area contributed by atoms with E-state index in [1.165, 1.54) is 24.9 Å². The molecule has 2 aliphatic heterocycles. The minimum atomic E-state index is 0.218. The SMILES string of the molecule is CCNC(=NCC1CN2CCCC2CO1)NCCC(C)N(C)Cc1ccccc1. The standard InChI is InChI=1S/C23H39N5O/c1-4-24-23(26-15-22-17-28-14-8-11-21(28)18-29-22)25-13-12-19(2)27(3)16-20-9-6-5-7-10-20/h5-7,9-10,19,21-22H,4,8,11-18H2,1-3H3,(H2,24,25,26). The van der Waals surface area contributed by atoms with E-state index in [9.17, 15) is 0 Å². The lowest BCUT2D eigenvalue weighted by Crippen LogP contribution is -2.47. The zero-order valence-electron chi connectivity index (χ0n) is 18.4. The maximum Gasteiger partial charge on any atom is 0.191 e. The largest absolute Gasteiger partial charge is 0.373 e. The number of nitrogens with one attached hydrogen (secondary N) is 2. The van der Waals surface area contributed by atoms with Gasteiger partial charge in [-0.2, -0.15) is 0 Å². The summed E-state index contributed by atoms with van der Waals surface area (Å²) in [5.74, 6) is 0.901. The van der Waals surface area contributed by atoms with E-state index in [0.717, 1.165) is 51.7 Å². The van der Waals surface area contributed by atoms with Crippen molar-refractivity contribution in [2.24, 2.45) is 4.99 Å². The number of benzene rings is 1. The zero-order chi connectivity index (χ0) is 20.5. The summed E-state index contributed by atoms with van der Waals surface area (Å²) in [5, 5.41) is 6.87. The van der Waals surface area contributed by atoms with Gasteiger partial charge in [-0.05, 0) is 52.3 Å². The van der Waals surface area contributed by atoms with E-state index in [0.29, 0.717) is 12.1 Å². The van der Waals surface area contributed by atoms with E-state index in [-0.39, 0.29) is 6.10 Å². The molecule has 162 valence electrons. The first-order valence-corrected chi connectivity index (χ1v) is 11.3. The summed E-state index contributed by atoms with van der Waals surface area (Å²) in [4.78, 5) is 9.77. The van der Waals surface area contributed by atoms with Crippen LogP contribution in [-0.2, 0) is 11.3 Å². The fourth-order valence-corrected chi connectivity index (χ4v) is 4.18. The second kappa shape index (κ2) is 11.5. The van der Waals surface area contributed by atoms with Crippen molar-refractivity contribution in [1.82, 2.24) is 20.4 Å². The van der Waals surface area contributed by atoms with Gasteiger partial charge in [-0.15, -0.1) is 0 Å². The molecule has 1 aromatic carbocycles. The van der Waals surface area contributed by atoms with E-state index >= 15 is 0 Å². The van der Waals surface area contributed by atoms with E-state index in [4.69, 9.17) is 9.73 Å². The molecule has 0 bridgehead atoms. The highest BCUT2D eigenvalue weighted by atomic mass is 16.5. The Labute approximate surface area is 176 Å². The highest BCUT2D eigenvalue weighted by Crippen LogP contribution is 2.22. The highest BCUT2D eigenvalue weighted by molar-refractivity contribution is 5.79. The van der Waals surface area contributed by atoms with Crippen molar-refractivity contribution in [3.8, 4) is 0 Å². The lowest BCUT2D eigenvalue weighted by molar-refractivity contribution is -0.0432.